The van der Waals surface area contributed by atoms with Gasteiger partial charge in [0.2, 0.25) is 0 Å². The van der Waals surface area contributed by atoms with Crippen molar-refractivity contribution in [1.29, 1.82) is 0 Å². The summed E-state index contributed by atoms with van der Waals surface area (Å²) in [6, 6.07) is 0.776. The van der Waals surface area contributed by atoms with Crippen molar-refractivity contribution in [3.63, 3.8) is 0 Å². The molecule has 0 radical (unpaired) electrons. The second kappa shape index (κ2) is 10.5. The summed E-state index contributed by atoms with van der Waals surface area (Å²) in [6.45, 7) is 11.9. The van der Waals surface area contributed by atoms with Gasteiger partial charge in [0.15, 0.2) is 0 Å². The molecule has 0 saturated heterocycles. The van der Waals surface area contributed by atoms with Crippen LogP contribution in [0.25, 0.3) is 0 Å². The maximum atomic E-state index is 2.68. The normalized spacial score (nSPS) is 13.4. The van der Waals surface area contributed by atoms with Crippen LogP contribution in [0.2, 0.25) is 0 Å². The molecule has 0 aliphatic heterocycles. The van der Waals surface area contributed by atoms with E-state index in [1.165, 1.54) is 58.0 Å². The first-order chi connectivity index (χ1) is 7.26. The highest BCUT2D eigenvalue weighted by Crippen LogP contribution is 2.09. The quantitative estimate of drug-likeness (QED) is 0.484. The Hall–Kier alpha value is -0.0400. The van der Waals surface area contributed by atoms with Crippen molar-refractivity contribution in [2.45, 2.75) is 78.7 Å². The highest BCUT2D eigenvalue weighted by atomic mass is 15.1. The third-order valence-corrected chi connectivity index (χ3v) is 3.31. The van der Waals surface area contributed by atoms with Gasteiger partial charge in [-0.2, -0.15) is 0 Å². The molecule has 0 fully saturated rings. The number of hydrogen-bond donors (Lipinski definition) is 0. The lowest BCUT2D eigenvalue weighted by Crippen LogP contribution is -2.34. The highest BCUT2D eigenvalue weighted by molar-refractivity contribution is 4.65. The molecule has 92 valence electrons. The maximum Gasteiger partial charge on any atom is 0.00643 e. The summed E-state index contributed by atoms with van der Waals surface area (Å²) in [5, 5.41) is 0. The van der Waals surface area contributed by atoms with E-state index < -0.39 is 0 Å². The lowest BCUT2D eigenvalue weighted by atomic mass is 10.1. The van der Waals surface area contributed by atoms with Crippen LogP contribution in [-0.2, 0) is 0 Å². The molecule has 0 aromatic heterocycles. The predicted octanol–water partition coefficient (Wildman–Crippen LogP) is 4.47. The molecule has 0 aromatic rings. The van der Waals surface area contributed by atoms with Crippen LogP contribution in [0, 0.1) is 0 Å². The summed E-state index contributed by atoms with van der Waals surface area (Å²) in [4.78, 5) is 2.68. The van der Waals surface area contributed by atoms with E-state index in [0.29, 0.717) is 0 Å². The Kier molecular flexibility index (Phi) is 10.4. The van der Waals surface area contributed by atoms with Crippen LogP contribution in [0.5, 0.6) is 0 Å². The minimum absolute atomic E-state index is 0.776. The SMILES string of the molecule is CCCCCCN(CCCC)C(C)CC. The molecule has 15 heavy (non-hydrogen) atoms. The first-order valence-electron chi connectivity index (χ1n) is 7.00. The summed E-state index contributed by atoms with van der Waals surface area (Å²) in [7, 11) is 0. The van der Waals surface area contributed by atoms with E-state index in [-0.39, 0.29) is 0 Å². The van der Waals surface area contributed by atoms with E-state index >= 15 is 0 Å². The minimum atomic E-state index is 0.776. The number of hydrogen-bond acceptors (Lipinski definition) is 1. The van der Waals surface area contributed by atoms with Gasteiger partial charge in [0, 0.05) is 6.04 Å². The third-order valence-electron chi connectivity index (χ3n) is 3.31. The summed E-state index contributed by atoms with van der Waals surface area (Å²) >= 11 is 0. The third kappa shape index (κ3) is 7.84. The topological polar surface area (TPSA) is 3.24 Å². The van der Waals surface area contributed by atoms with Gasteiger partial charge in [-0.05, 0) is 39.3 Å². The van der Waals surface area contributed by atoms with Gasteiger partial charge >= 0.3 is 0 Å². The zero-order valence-corrected chi connectivity index (χ0v) is 11.4. The Morgan fingerprint density at radius 3 is 1.93 bits per heavy atom. The van der Waals surface area contributed by atoms with Crippen molar-refractivity contribution in [3.8, 4) is 0 Å². The van der Waals surface area contributed by atoms with Crippen molar-refractivity contribution in [2.24, 2.45) is 0 Å². The van der Waals surface area contributed by atoms with Crippen LogP contribution >= 0.6 is 0 Å². The number of rotatable bonds is 10. The fraction of sp³-hybridized carbons (Fsp3) is 1.00. The van der Waals surface area contributed by atoms with E-state index in [1.54, 1.807) is 0 Å². The molecule has 0 spiro atoms. The van der Waals surface area contributed by atoms with E-state index in [2.05, 4.69) is 32.6 Å². The van der Waals surface area contributed by atoms with E-state index in [1.807, 2.05) is 0 Å². The average molecular weight is 213 g/mol. The molecule has 0 bridgehead atoms. The molecule has 1 heteroatoms. The Labute approximate surface area is 97.2 Å². The fourth-order valence-electron chi connectivity index (χ4n) is 1.91. The second-order valence-corrected chi connectivity index (χ2v) is 4.71. The number of nitrogens with zero attached hydrogens (tertiary/aromatic N) is 1. The molecule has 1 atom stereocenters. The lowest BCUT2D eigenvalue weighted by molar-refractivity contribution is 0.196. The molecule has 0 aliphatic carbocycles. The smallest absolute Gasteiger partial charge is 0.00643 e. The summed E-state index contributed by atoms with van der Waals surface area (Å²) < 4.78 is 0. The molecule has 1 unspecified atom stereocenters. The molecule has 0 heterocycles. The van der Waals surface area contributed by atoms with Crippen LogP contribution in [0.15, 0.2) is 0 Å². The Morgan fingerprint density at radius 2 is 1.40 bits per heavy atom. The molecule has 0 aliphatic rings. The van der Waals surface area contributed by atoms with Gasteiger partial charge in [-0.1, -0.05) is 46.5 Å². The monoisotopic (exact) mass is 213 g/mol. The van der Waals surface area contributed by atoms with Crippen LogP contribution < -0.4 is 0 Å². The van der Waals surface area contributed by atoms with Gasteiger partial charge < -0.3 is 4.90 Å². The zero-order chi connectivity index (χ0) is 11.5. The van der Waals surface area contributed by atoms with Crippen molar-refractivity contribution in [3.05, 3.63) is 0 Å². The lowest BCUT2D eigenvalue weighted by Gasteiger charge is -2.28. The molecule has 1 nitrogen and oxygen atoms in total. The van der Waals surface area contributed by atoms with Gasteiger partial charge in [0.05, 0.1) is 0 Å². The maximum absolute atomic E-state index is 2.68. The van der Waals surface area contributed by atoms with Gasteiger partial charge in [0.25, 0.3) is 0 Å². The van der Waals surface area contributed by atoms with Crippen molar-refractivity contribution >= 4 is 0 Å². The van der Waals surface area contributed by atoms with Crippen LogP contribution in [0.1, 0.15) is 72.6 Å². The predicted molar refractivity (Wildman–Crippen MR) is 70.4 cm³/mol. The first-order valence-corrected chi connectivity index (χ1v) is 7.00. The van der Waals surface area contributed by atoms with Crippen molar-refractivity contribution in [1.82, 2.24) is 4.90 Å². The fourth-order valence-corrected chi connectivity index (χ4v) is 1.91. The molecule has 0 rings (SSSR count). The van der Waals surface area contributed by atoms with Crippen molar-refractivity contribution in [2.75, 3.05) is 13.1 Å². The Bertz CT molecular complexity index is 123. The van der Waals surface area contributed by atoms with Crippen LogP contribution in [0.3, 0.4) is 0 Å². The molecule has 0 N–H and O–H groups in total. The van der Waals surface area contributed by atoms with Crippen LogP contribution in [0.4, 0.5) is 0 Å². The zero-order valence-electron chi connectivity index (χ0n) is 11.4. The number of unbranched alkanes of at least 4 members (excludes halogenated alkanes) is 4. The van der Waals surface area contributed by atoms with Gasteiger partial charge in [-0.25, -0.2) is 0 Å². The molecular weight excluding hydrogens is 182 g/mol. The standard InChI is InChI=1S/C14H31N/c1-5-8-10-11-13-15(12-9-6-2)14(4)7-3/h14H,5-13H2,1-4H3. The largest absolute Gasteiger partial charge is 0.301 e. The van der Waals surface area contributed by atoms with Gasteiger partial charge in [-0.3, -0.25) is 0 Å². The van der Waals surface area contributed by atoms with Crippen LogP contribution in [-0.4, -0.2) is 24.0 Å². The molecule has 0 amide bonds. The van der Waals surface area contributed by atoms with E-state index in [0.717, 1.165) is 6.04 Å². The molecule has 0 aromatic carbocycles. The van der Waals surface area contributed by atoms with E-state index in [9.17, 15) is 0 Å². The van der Waals surface area contributed by atoms with Gasteiger partial charge in [0.1, 0.15) is 0 Å². The highest BCUT2D eigenvalue weighted by Gasteiger charge is 2.10. The Balaban J connectivity index is 3.69. The molecular formula is C14H31N. The summed E-state index contributed by atoms with van der Waals surface area (Å²) in [6.07, 6.45) is 9.52. The average Bonchev–Trinajstić information content (AvgIpc) is 2.27. The van der Waals surface area contributed by atoms with Crippen molar-refractivity contribution < 1.29 is 0 Å². The first kappa shape index (κ1) is 15.0. The summed E-state index contributed by atoms with van der Waals surface area (Å²) in [5.74, 6) is 0. The summed E-state index contributed by atoms with van der Waals surface area (Å²) in [5.41, 5.74) is 0. The van der Waals surface area contributed by atoms with E-state index in [4.69, 9.17) is 0 Å². The van der Waals surface area contributed by atoms with Gasteiger partial charge in [-0.15, -0.1) is 0 Å². The Morgan fingerprint density at radius 1 is 0.800 bits per heavy atom. The minimum Gasteiger partial charge on any atom is -0.301 e. The molecule has 0 saturated carbocycles. The second-order valence-electron chi connectivity index (χ2n) is 4.71.